The van der Waals surface area contributed by atoms with Gasteiger partial charge >= 0.3 is 12.1 Å². The van der Waals surface area contributed by atoms with Gasteiger partial charge in [-0.05, 0) is 25.7 Å². The molecule has 0 bridgehead atoms. The molecule has 0 heterocycles. The van der Waals surface area contributed by atoms with E-state index in [1.54, 1.807) is 0 Å². The van der Waals surface area contributed by atoms with Gasteiger partial charge in [0.15, 0.2) is 0 Å². The van der Waals surface area contributed by atoms with Gasteiger partial charge in [0.25, 0.3) is 0 Å². The Bertz CT molecular complexity index is 357. The molecule has 1 aliphatic carbocycles. The summed E-state index contributed by atoms with van der Waals surface area (Å²) in [5, 5.41) is 0. The van der Waals surface area contributed by atoms with E-state index in [0.29, 0.717) is 12.8 Å². The number of amides is 1. The van der Waals surface area contributed by atoms with Gasteiger partial charge in [-0.25, -0.2) is 4.79 Å². The third-order valence-electron chi connectivity index (χ3n) is 2.64. The Morgan fingerprint density at radius 2 is 1.72 bits per heavy atom. The fourth-order valence-electron chi connectivity index (χ4n) is 1.80. The molecular formula is C11H14F3NO3. The molecule has 2 N–H and O–H groups in total. The molecule has 0 aromatic heterocycles. The number of primary amides is 1. The molecule has 0 atom stereocenters. The van der Waals surface area contributed by atoms with E-state index in [9.17, 15) is 22.8 Å². The quantitative estimate of drug-likeness (QED) is 0.625. The Balaban J connectivity index is 2.74. The van der Waals surface area contributed by atoms with Crippen molar-refractivity contribution in [3.05, 3.63) is 11.6 Å². The van der Waals surface area contributed by atoms with Crippen molar-refractivity contribution in [3.63, 3.8) is 0 Å². The summed E-state index contributed by atoms with van der Waals surface area (Å²) in [7, 11) is 0. The third-order valence-corrected chi connectivity index (χ3v) is 2.64. The predicted octanol–water partition coefficient (Wildman–Crippen LogP) is 1.84. The van der Waals surface area contributed by atoms with Crippen molar-refractivity contribution in [2.75, 3.05) is 0 Å². The molecule has 1 rings (SSSR count). The van der Waals surface area contributed by atoms with Crippen LogP contribution in [0.3, 0.4) is 0 Å². The summed E-state index contributed by atoms with van der Waals surface area (Å²) in [4.78, 5) is 21.9. The molecule has 0 aliphatic heterocycles. The van der Waals surface area contributed by atoms with Gasteiger partial charge in [0.2, 0.25) is 5.91 Å². The average molecular weight is 265 g/mol. The molecule has 1 aliphatic rings. The summed E-state index contributed by atoms with van der Waals surface area (Å²) in [6.45, 7) is 0. The molecule has 18 heavy (non-hydrogen) atoms. The first-order valence-electron chi connectivity index (χ1n) is 5.60. The highest BCUT2D eigenvalue weighted by Gasteiger charge is 2.41. The summed E-state index contributed by atoms with van der Waals surface area (Å²) >= 11 is 0. The highest BCUT2D eigenvalue weighted by atomic mass is 19.4. The highest BCUT2D eigenvalue weighted by Crippen LogP contribution is 2.28. The molecule has 0 unspecified atom stereocenters. The lowest BCUT2D eigenvalue weighted by molar-refractivity contribution is -0.157. The van der Waals surface area contributed by atoms with Crippen LogP contribution in [0, 0.1) is 0 Å². The average Bonchev–Trinajstić information content (AvgIpc) is 2.25. The number of rotatable bonds is 3. The van der Waals surface area contributed by atoms with Gasteiger partial charge in [-0.2, -0.15) is 13.2 Å². The summed E-state index contributed by atoms with van der Waals surface area (Å²) in [5.74, 6) is -2.86. The molecule has 0 radical (unpaired) electrons. The van der Waals surface area contributed by atoms with Gasteiger partial charge in [0.1, 0.15) is 11.7 Å². The molecule has 4 nitrogen and oxygen atoms in total. The Morgan fingerprint density at radius 1 is 1.17 bits per heavy atom. The zero-order chi connectivity index (χ0) is 13.8. The minimum absolute atomic E-state index is 0.0607. The number of carbonyl (C=O) groups is 2. The summed E-state index contributed by atoms with van der Waals surface area (Å²) in [5.41, 5.74) is 2.99. The van der Waals surface area contributed by atoms with E-state index >= 15 is 0 Å². The van der Waals surface area contributed by atoms with Crippen molar-refractivity contribution in [2.45, 2.75) is 44.4 Å². The van der Waals surface area contributed by atoms with Crippen molar-refractivity contribution in [2.24, 2.45) is 5.73 Å². The van der Waals surface area contributed by atoms with Crippen molar-refractivity contribution in [1.82, 2.24) is 0 Å². The molecule has 1 amide bonds. The monoisotopic (exact) mass is 265 g/mol. The standard InChI is InChI=1S/C11H14F3NO3/c12-11(13,14)8(6-9(15)16)10(17)18-7-4-2-1-3-5-7/h6-7H,1-5H2,(H2,15,16). The van der Waals surface area contributed by atoms with Gasteiger partial charge in [-0.1, -0.05) is 6.42 Å². The molecule has 1 saturated carbocycles. The van der Waals surface area contributed by atoms with Crippen molar-refractivity contribution in [3.8, 4) is 0 Å². The van der Waals surface area contributed by atoms with Gasteiger partial charge in [0.05, 0.1) is 0 Å². The second kappa shape index (κ2) is 5.88. The van der Waals surface area contributed by atoms with E-state index in [0.717, 1.165) is 19.3 Å². The van der Waals surface area contributed by atoms with E-state index in [-0.39, 0.29) is 6.08 Å². The van der Waals surface area contributed by atoms with Gasteiger partial charge in [0, 0.05) is 6.08 Å². The minimum atomic E-state index is -4.94. The van der Waals surface area contributed by atoms with E-state index in [1.807, 2.05) is 0 Å². The lowest BCUT2D eigenvalue weighted by Gasteiger charge is -2.22. The van der Waals surface area contributed by atoms with Crippen LogP contribution in [0.5, 0.6) is 0 Å². The fourth-order valence-corrected chi connectivity index (χ4v) is 1.80. The molecule has 0 saturated heterocycles. The zero-order valence-corrected chi connectivity index (χ0v) is 9.63. The number of alkyl halides is 3. The second-order valence-electron chi connectivity index (χ2n) is 4.12. The van der Waals surface area contributed by atoms with Crippen molar-refractivity contribution < 1.29 is 27.5 Å². The van der Waals surface area contributed by atoms with Crippen LogP contribution >= 0.6 is 0 Å². The number of esters is 1. The third kappa shape index (κ3) is 4.38. The van der Waals surface area contributed by atoms with E-state index in [1.165, 1.54) is 0 Å². The smallest absolute Gasteiger partial charge is 0.423 e. The fraction of sp³-hybridized carbons (Fsp3) is 0.636. The maximum atomic E-state index is 12.5. The molecule has 102 valence electrons. The topological polar surface area (TPSA) is 69.4 Å². The Morgan fingerprint density at radius 3 is 2.17 bits per heavy atom. The van der Waals surface area contributed by atoms with Crippen LogP contribution in [0.1, 0.15) is 32.1 Å². The van der Waals surface area contributed by atoms with E-state index in [2.05, 4.69) is 5.73 Å². The summed E-state index contributed by atoms with van der Waals surface area (Å²) in [6.07, 6.45) is -1.67. The Kier molecular flexibility index (Phi) is 4.75. The van der Waals surface area contributed by atoms with Gasteiger partial charge in [-0.15, -0.1) is 0 Å². The van der Waals surface area contributed by atoms with Crippen LogP contribution in [-0.4, -0.2) is 24.2 Å². The molecule has 0 spiro atoms. The van der Waals surface area contributed by atoms with Gasteiger partial charge < -0.3 is 10.5 Å². The number of hydrogen-bond acceptors (Lipinski definition) is 3. The molecule has 0 aromatic carbocycles. The molecular weight excluding hydrogens is 251 g/mol. The minimum Gasteiger partial charge on any atom is -0.459 e. The largest absolute Gasteiger partial charge is 0.459 e. The lowest BCUT2D eigenvalue weighted by Crippen LogP contribution is -2.29. The molecule has 0 aromatic rings. The lowest BCUT2D eigenvalue weighted by atomic mass is 9.98. The van der Waals surface area contributed by atoms with Crippen LogP contribution in [0.2, 0.25) is 0 Å². The van der Waals surface area contributed by atoms with Crippen LogP contribution in [0.15, 0.2) is 11.6 Å². The number of nitrogens with two attached hydrogens (primary N) is 1. The first kappa shape index (κ1) is 14.5. The first-order chi connectivity index (χ1) is 8.30. The molecule has 1 fully saturated rings. The first-order valence-corrected chi connectivity index (χ1v) is 5.60. The number of ether oxygens (including phenoxy) is 1. The Labute approximate surface area is 102 Å². The van der Waals surface area contributed by atoms with E-state index in [4.69, 9.17) is 4.74 Å². The predicted molar refractivity (Wildman–Crippen MR) is 56.3 cm³/mol. The summed E-state index contributed by atoms with van der Waals surface area (Å²) in [6, 6.07) is 0. The SMILES string of the molecule is NC(=O)C=C(C(=O)OC1CCCCC1)C(F)(F)F. The van der Waals surface area contributed by atoms with Crippen molar-refractivity contribution in [1.29, 1.82) is 0 Å². The van der Waals surface area contributed by atoms with Crippen LogP contribution in [0.4, 0.5) is 13.2 Å². The molecule has 7 heteroatoms. The van der Waals surface area contributed by atoms with Gasteiger partial charge in [-0.3, -0.25) is 4.79 Å². The Hall–Kier alpha value is -1.53. The normalized spacial score (nSPS) is 18.5. The number of halogens is 3. The maximum absolute atomic E-state index is 12.5. The van der Waals surface area contributed by atoms with E-state index < -0.39 is 29.7 Å². The van der Waals surface area contributed by atoms with Crippen molar-refractivity contribution >= 4 is 11.9 Å². The second-order valence-corrected chi connectivity index (χ2v) is 4.12. The number of hydrogen-bond donors (Lipinski definition) is 1. The van der Waals surface area contributed by atoms with Crippen LogP contribution < -0.4 is 5.73 Å². The zero-order valence-electron chi connectivity index (χ0n) is 9.63. The van der Waals surface area contributed by atoms with Crippen LogP contribution in [-0.2, 0) is 14.3 Å². The highest BCUT2D eigenvalue weighted by molar-refractivity contribution is 5.98. The maximum Gasteiger partial charge on any atom is 0.423 e. The summed E-state index contributed by atoms with van der Waals surface area (Å²) < 4.78 is 42.3. The number of carbonyl (C=O) groups excluding carboxylic acids is 2. The van der Waals surface area contributed by atoms with Crippen LogP contribution in [0.25, 0.3) is 0 Å².